The summed E-state index contributed by atoms with van der Waals surface area (Å²) >= 11 is 0. The van der Waals surface area contributed by atoms with Crippen LogP contribution in [0, 0.1) is 5.41 Å². The molecule has 0 aromatic rings. The monoisotopic (exact) mass is 442 g/mol. The number of hydrogen-bond donors (Lipinski definition) is 0. The van der Waals surface area contributed by atoms with Gasteiger partial charge in [0.05, 0.1) is 22.4 Å². The van der Waals surface area contributed by atoms with Gasteiger partial charge in [0.2, 0.25) is 0 Å². The maximum atomic E-state index is 5.96. The van der Waals surface area contributed by atoms with Gasteiger partial charge in [0.1, 0.15) is 0 Å². The minimum atomic E-state index is -0.604. The fourth-order valence-corrected chi connectivity index (χ4v) is 2.99. The van der Waals surface area contributed by atoms with Crippen LogP contribution in [0.5, 0.6) is 0 Å². The fourth-order valence-electron chi connectivity index (χ4n) is 2.99. The van der Waals surface area contributed by atoms with Crippen molar-refractivity contribution < 1.29 is 27.9 Å². The summed E-state index contributed by atoms with van der Waals surface area (Å²) in [5.74, 6) is 0. The van der Waals surface area contributed by atoms with E-state index in [0.29, 0.717) is 0 Å². The summed E-state index contributed by atoms with van der Waals surface area (Å²) in [7, 11) is -1.16. The normalized spacial score (nSPS) is 26.3. The molecule has 0 saturated carbocycles. The zero-order chi connectivity index (χ0) is 24.9. The molecule has 2 aliphatic rings. The van der Waals surface area contributed by atoms with Crippen molar-refractivity contribution in [3.63, 3.8) is 0 Å². The van der Waals surface area contributed by atoms with Gasteiger partial charge in [0, 0.05) is 16.6 Å². The van der Waals surface area contributed by atoms with Crippen molar-refractivity contribution in [2.24, 2.45) is 5.41 Å². The van der Waals surface area contributed by atoms with Crippen molar-refractivity contribution in [2.45, 2.75) is 144 Å². The molecule has 2 aliphatic heterocycles. The van der Waals surface area contributed by atoms with E-state index in [1.165, 1.54) is 0 Å². The van der Waals surface area contributed by atoms with Gasteiger partial charge in [-0.2, -0.15) is 0 Å². The second-order valence-corrected chi connectivity index (χ2v) is 13.2. The molecule has 6 nitrogen and oxygen atoms in total. The van der Waals surface area contributed by atoms with Crippen molar-refractivity contribution in [3.8, 4) is 0 Å². The van der Waals surface area contributed by atoms with E-state index in [1.54, 1.807) is 0 Å². The van der Waals surface area contributed by atoms with E-state index in [2.05, 4.69) is 41.5 Å². The molecule has 0 aromatic carbocycles. The highest BCUT2D eigenvalue weighted by Crippen LogP contribution is 2.49. The Labute approximate surface area is 192 Å². The van der Waals surface area contributed by atoms with E-state index in [4.69, 9.17) is 27.9 Å². The highest BCUT2D eigenvalue weighted by molar-refractivity contribution is 6.38. The largest absolute Gasteiger partial charge is 0.640 e. The van der Waals surface area contributed by atoms with Crippen molar-refractivity contribution in [2.75, 3.05) is 0 Å². The van der Waals surface area contributed by atoms with Crippen LogP contribution >= 0.6 is 0 Å². The molecule has 0 aliphatic carbocycles. The first-order valence-electron chi connectivity index (χ1n) is 11.4. The summed E-state index contributed by atoms with van der Waals surface area (Å²) in [4.78, 5) is 0. The maximum absolute atomic E-state index is 5.96. The lowest BCUT2D eigenvalue weighted by molar-refractivity contribution is -0.209. The van der Waals surface area contributed by atoms with Crippen LogP contribution in [0.2, 0.25) is 0 Å². The van der Waals surface area contributed by atoms with E-state index in [-0.39, 0.29) is 39.0 Å². The first-order chi connectivity index (χ1) is 13.3. The molecule has 0 bridgehead atoms. The molecule has 0 spiro atoms. The van der Waals surface area contributed by atoms with E-state index in [0.717, 1.165) is 0 Å². The topological polar surface area (TPSA) is 55.4 Å². The quantitative estimate of drug-likeness (QED) is 0.504. The second-order valence-electron chi connectivity index (χ2n) is 13.2. The minimum Gasteiger partial charge on any atom is -0.381 e. The Hall–Kier alpha value is -0.110. The molecule has 0 unspecified atom stereocenters. The first-order valence-corrected chi connectivity index (χ1v) is 11.4. The summed E-state index contributed by atoms with van der Waals surface area (Å²) < 4.78 is 34.7. The van der Waals surface area contributed by atoms with E-state index in [9.17, 15) is 0 Å². The summed E-state index contributed by atoms with van der Waals surface area (Å²) in [5, 5.41) is 0. The van der Waals surface area contributed by atoms with Crippen molar-refractivity contribution in [1.29, 1.82) is 0 Å². The third-order valence-corrected chi connectivity index (χ3v) is 6.92. The SMILES string of the molecule is CC(C)(C)OB1OC(C)(C)C(C)(C)C(C)(C)O1.CC(C)(C)OB1OC(C)(C)C(C)(C)O1. The predicted molar refractivity (Wildman–Crippen MR) is 128 cm³/mol. The van der Waals surface area contributed by atoms with Crippen LogP contribution in [0.3, 0.4) is 0 Å². The van der Waals surface area contributed by atoms with Gasteiger partial charge in [-0.1, -0.05) is 13.8 Å². The summed E-state index contributed by atoms with van der Waals surface area (Å²) in [6.45, 7) is 32.7. The average Bonchev–Trinajstić information content (AvgIpc) is 2.59. The Morgan fingerprint density at radius 2 is 0.677 bits per heavy atom. The third kappa shape index (κ3) is 7.18. The Morgan fingerprint density at radius 3 is 0.903 bits per heavy atom. The van der Waals surface area contributed by atoms with Gasteiger partial charge in [-0.3, -0.25) is 0 Å². The number of rotatable bonds is 2. The zero-order valence-corrected chi connectivity index (χ0v) is 23.1. The molecule has 2 rings (SSSR count). The van der Waals surface area contributed by atoms with Crippen molar-refractivity contribution >= 4 is 14.6 Å². The molecule has 182 valence electrons. The van der Waals surface area contributed by atoms with Crippen LogP contribution in [0.25, 0.3) is 0 Å². The summed E-state index contributed by atoms with van der Waals surface area (Å²) in [6.07, 6.45) is 0. The number of hydrogen-bond acceptors (Lipinski definition) is 6. The molecule has 0 N–H and O–H groups in total. The maximum Gasteiger partial charge on any atom is 0.640 e. The lowest BCUT2D eigenvalue weighted by Gasteiger charge is -2.56. The van der Waals surface area contributed by atoms with Gasteiger partial charge < -0.3 is 27.9 Å². The molecular formula is C23H48B2O6. The van der Waals surface area contributed by atoms with Gasteiger partial charge in [0.25, 0.3) is 0 Å². The van der Waals surface area contributed by atoms with Crippen LogP contribution in [0.15, 0.2) is 0 Å². The molecule has 2 fully saturated rings. The second kappa shape index (κ2) is 8.59. The first kappa shape index (κ1) is 28.9. The smallest absolute Gasteiger partial charge is 0.381 e. The van der Waals surface area contributed by atoms with Crippen LogP contribution in [0.4, 0.5) is 0 Å². The van der Waals surface area contributed by atoms with E-state index in [1.807, 2.05) is 69.2 Å². The predicted octanol–water partition coefficient (Wildman–Crippen LogP) is 5.81. The van der Waals surface area contributed by atoms with Gasteiger partial charge in [-0.15, -0.1) is 0 Å². The minimum absolute atomic E-state index is 0.0995. The third-order valence-electron chi connectivity index (χ3n) is 6.92. The Balaban J connectivity index is 0.000000316. The molecule has 31 heavy (non-hydrogen) atoms. The van der Waals surface area contributed by atoms with E-state index < -0.39 is 14.6 Å². The lowest BCUT2D eigenvalue weighted by Crippen LogP contribution is -2.65. The highest BCUT2D eigenvalue weighted by Gasteiger charge is 2.58. The van der Waals surface area contributed by atoms with Gasteiger partial charge in [-0.25, -0.2) is 0 Å². The molecule has 2 saturated heterocycles. The Bertz CT molecular complexity index is 579. The molecule has 0 radical (unpaired) electrons. The van der Waals surface area contributed by atoms with Crippen LogP contribution < -0.4 is 0 Å². The molecule has 2 heterocycles. The zero-order valence-electron chi connectivity index (χ0n) is 23.1. The van der Waals surface area contributed by atoms with Crippen molar-refractivity contribution in [3.05, 3.63) is 0 Å². The van der Waals surface area contributed by atoms with Gasteiger partial charge in [0.15, 0.2) is 0 Å². The average molecular weight is 442 g/mol. The molecule has 0 atom stereocenters. The summed E-state index contributed by atoms with van der Waals surface area (Å²) in [5.41, 5.74) is -1.86. The Kier molecular flexibility index (Phi) is 8.01. The standard InChI is InChI=1S/C13H27BO3.C10H21BO3/c1-10(2,3)15-14-16-12(6,7)11(4,5)13(8,9)17-14;1-8(2,3)12-11-13-9(4,5)10(6,7)14-11/h1-9H3;1-7H3. The van der Waals surface area contributed by atoms with E-state index >= 15 is 0 Å². The summed E-state index contributed by atoms with van der Waals surface area (Å²) in [6, 6.07) is 0. The molecule has 8 heteroatoms. The molecule has 0 aromatic heterocycles. The lowest BCUT2D eigenvalue weighted by atomic mass is 9.64. The Morgan fingerprint density at radius 1 is 0.452 bits per heavy atom. The van der Waals surface area contributed by atoms with Crippen molar-refractivity contribution in [1.82, 2.24) is 0 Å². The highest BCUT2D eigenvalue weighted by atomic mass is 16.8. The van der Waals surface area contributed by atoms with Gasteiger partial charge >= 0.3 is 14.6 Å². The molecular weight excluding hydrogens is 394 g/mol. The molecule has 0 amide bonds. The van der Waals surface area contributed by atoms with Crippen LogP contribution in [-0.4, -0.2) is 48.2 Å². The van der Waals surface area contributed by atoms with Crippen LogP contribution in [0.1, 0.15) is 111 Å². The van der Waals surface area contributed by atoms with Gasteiger partial charge in [-0.05, 0) is 96.9 Å². The fraction of sp³-hybridized carbons (Fsp3) is 1.00. The van der Waals surface area contributed by atoms with Crippen LogP contribution in [-0.2, 0) is 27.9 Å².